The minimum Gasteiger partial charge on any atom is -0.491 e. The number of rotatable bonds is 7. The fourth-order valence-corrected chi connectivity index (χ4v) is 2.59. The van der Waals surface area contributed by atoms with Crippen LogP contribution in [0.2, 0.25) is 0 Å². The summed E-state index contributed by atoms with van der Waals surface area (Å²) in [5.74, 6) is 0.621. The average Bonchev–Trinajstić information content (AvgIpc) is 2.28. The molecule has 0 unspecified atom stereocenters. The number of nitrogens with one attached hydrogen (secondary N) is 1. The van der Waals surface area contributed by atoms with Crippen LogP contribution in [0.1, 0.15) is 13.8 Å². The molecule has 5 nitrogen and oxygen atoms in total. The molecule has 102 valence electrons. The van der Waals surface area contributed by atoms with Gasteiger partial charge in [-0.25, -0.2) is 13.1 Å². The van der Waals surface area contributed by atoms with Crippen LogP contribution in [0.3, 0.4) is 0 Å². The fourth-order valence-electron chi connectivity index (χ4n) is 1.34. The van der Waals surface area contributed by atoms with Crippen molar-refractivity contribution in [3.63, 3.8) is 0 Å². The summed E-state index contributed by atoms with van der Waals surface area (Å²) in [6.45, 7) is 4.49. The molecule has 0 radical (unpaired) electrons. The smallest absolute Gasteiger partial charge is 0.240 e. The van der Waals surface area contributed by atoms with Crippen molar-refractivity contribution >= 4 is 10.0 Å². The molecule has 0 heterocycles. The maximum Gasteiger partial charge on any atom is 0.240 e. The molecule has 0 fully saturated rings. The lowest BCUT2D eigenvalue weighted by atomic mass is 10.3. The van der Waals surface area contributed by atoms with E-state index in [0.29, 0.717) is 19.0 Å². The molecular weight excluding hydrogens is 254 g/mol. The van der Waals surface area contributed by atoms with E-state index in [4.69, 9.17) is 9.47 Å². The maximum atomic E-state index is 11.8. The molecule has 0 spiro atoms. The van der Waals surface area contributed by atoms with Crippen LogP contribution in [0, 0.1) is 0 Å². The van der Waals surface area contributed by atoms with Crippen molar-refractivity contribution in [3.8, 4) is 5.75 Å². The second kappa shape index (κ2) is 6.72. The Hall–Kier alpha value is -1.11. The van der Waals surface area contributed by atoms with Crippen molar-refractivity contribution in [2.75, 3.05) is 20.3 Å². The second-order valence-electron chi connectivity index (χ2n) is 4.09. The third-order valence-electron chi connectivity index (χ3n) is 2.08. The van der Waals surface area contributed by atoms with Gasteiger partial charge in [0.1, 0.15) is 12.4 Å². The molecular formula is C12H19NO4S. The highest BCUT2D eigenvalue weighted by molar-refractivity contribution is 7.89. The average molecular weight is 273 g/mol. The molecule has 0 saturated heterocycles. The van der Waals surface area contributed by atoms with Crippen molar-refractivity contribution in [2.24, 2.45) is 0 Å². The standard InChI is InChI=1S/C12H19NO4S/c1-10(2)13-18(14,15)12-6-4-11(5-7-12)17-9-8-16-3/h4-7,10,13H,8-9H2,1-3H3. The molecule has 0 atom stereocenters. The second-order valence-corrected chi connectivity index (χ2v) is 5.80. The van der Waals surface area contributed by atoms with Gasteiger partial charge in [-0.05, 0) is 38.1 Å². The van der Waals surface area contributed by atoms with Crippen LogP contribution in [0.15, 0.2) is 29.2 Å². The first-order valence-electron chi connectivity index (χ1n) is 5.70. The minimum absolute atomic E-state index is 0.132. The lowest BCUT2D eigenvalue weighted by molar-refractivity contribution is 0.146. The van der Waals surface area contributed by atoms with Gasteiger partial charge in [-0.15, -0.1) is 0 Å². The molecule has 0 aliphatic heterocycles. The van der Waals surface area contributed by atoms with Crippen LogP contribution in [0.25, 0.3) is 0 Å². The van der Waals surface area contributed by atoms with Crippen LogP contribution in [-0.2, 0) is 14.8 Å². The van der Waals surface area contributed by atoms with Gasteiger partial charge in [0.25, 0.3) is 0 Å². The lowest BCUT2D eigenvalue weighted by Crippen LogP contribution is -2.30. The molecule has 18 heavy (non-hydrogen) atoms. The number of methoxy groups -OCH3 is 1. The predicted molar refractivity (Wildman–Crippen MR) is 69.3 cm³/mol. The van der Waals surface area contributed by atoms with Crippen LogP contribution in [-0.4, -0.2) is 34.8 Å². The van der Waals surface area contributed by atoms with Crippen LogP contribution >= 0.6 is 0 Å². The zero-order valence-electron chi connectivity index (χ0n) is 10.8. The van der Waals surface area contributed by atoms with E-state index < -0.39 is 10.0 Å². The zero-order chi connectivity index (χ0) is 13.6. The van der Waals surface area contributed by atoms with E-state index in [1.807, 2.05) is 0 Å². The molecule has 0 amide bonds. The molecule has 6 heteroatoms. The highest BCUT2D eigenvalue weighted by atomic mass is 32.2. The predicted octanol–water partition coefficient (Wildman–Crippen LogP) is 1.40. The highest BCUT2D eigenvalue weighted by Gasteiger charge is 2.14. The van der Waals surface area contributed by atoms with Gasteiger partial charge in [-0.1, -0.05) is 0 Å². The first kappa shape index (κ1) is 14.9. The van der Waals surface area contributed by atoms with Gasteiger partial charge in [-0.2, -0.15) is 0 Å². The van der Waals surface area contributed by atoms with Crippen molar-refractivity contribution in [3.05, 3.63) is 24.3 Å². The van der Waals surface area contributed by atoms with Crippen molar-refractivity contribution < 1.29 is 17.9 Å². The van der Waals surface area contributed by atoms with E-state index in [1.54, 1.807) is 33.1 Å². The topological polar surface area (TPSA) is 64.6 Å². The van der Waals surface area contributed by atoms with Crippen molar-refractivity contribution in [1.82, 2.24) is 4.72 Å². The SMILES string of the molecule is COCCOc1ccc(S(=O)(=O)NC(C)C)cc1. The van der Waals surface area contributed by atoms with Crippen LogP contribution in [0.5, 0.6) is 5.75 Å². The Bertz CT molecular complexity index is 453. The van der Waals surface area contributed by atoms with Crippen LogP contribution < -0.4 is 9.46 Å². The lowest BCUT2D eigenvalue weighted by Gasteiger charge is -2.10. The summed E-state index contributed by atoms with van der Waals surface area (Å²) >= 11 is 0. The normalized spacial score (nSPS) is 11.8. The summed E-state index contributed by atoms with van der Waals surface area (Å²) in [7, 11) is -1.84. The largest absolute Gasteiger partial charge is 0.491 e. The number of hydrogen-bond acceptors (Lipinski definition) is 4. The van der Waals surface area contributed by atoms with Gasteiger partial charge in [0.05, 0.1) is 11.5 Å². The summed E-state index contributed by atoms with van der Waals surface area (Å²) in [4.78, 5) is 0.232. The summed E-state index contributed by atoms with van der Waals surface area (Å²) in [5, 5.41) is 0. The van der Waals surface area contributed by atoms with Gasteiger partial charge >= 0.3 is 0 Å². The van der Waals surface area contributed by atoms with Gasteiger partial charge in [0, 0.05) is 13.2 Å². The Kier molecular flexibility index (Phi) is 5.58. The fraction of sp³-hybridized carbons (Fsp3) is 0.500. The monoisotopic (exact) mass is 273 g/mol. The quantitative estimate of drug-likeness (QED) is 0.763. The first-order chi connectivity index (χ1) is 8.45. The summed E-state index contributed by atoms with van der Waals surface area (Å²) in [6, 6.07) is 6.17. The number of hydrogen-bond donors (Lipinski definition) is 1. The van der Waals surface area contributed by atoms with E-state index in [0.717, 1.165) is 0 Å². The Balaban J connectivity index is 2.70. The van der Waals surface area contributed by atoms with Crippen molar-refractivity contribution in [1.29, 1.82) is 0 Å². The number of sulfonamides is 1. The van der Waals surface area contributed by atoms with E-state index in [2.05, 4.69) is 4.72 Å². The van der Waals surface area contributed by atoms with E-state index in [-0.39, 0.29) is 10.9 Å². The Morgan fingerprint density at radius 2 is 1.78 bits per heavy atom. The highest BCUT2D eigenvalue weighted by Crippen LogP contribution is 2.16. The minimum atomic E-state index is -3.43. The van der Waals surface area contributed by atoms with Gasteiger partial charge in [-0.3, -0.25) is 0 Å². The summed E-state index contributed by atoms with van der Waals surface area (Å²) in [6.07, 6.45) is 0. The molecule has 1 aromatic carbocycles. The van der Waals surface area contributed by atoms with Crippen molar-refractivity contribution in [2.45, 2.75) is 24.8 Å². The molecule has 1 rings (SSSR count). The van der Waals surface area contributed by atoms with Crippen LogP contribution in [0.4, 0.5) is 0 Å². The molecule has 1 N–H and O–H groups in total. The zero-order valence-corrected chi connectivity index (χ0v) is 11.7. The summed E-state index contributed by atoms with van der Waals surface area (Å²) < 4.78 is 36.4. The molecule has 0 saturated carbocycles. The number of ether oxygens (including phenoxy) is 2. The Labute approximate surface area is 108 Å². The maximum absolute atomic E-state index is 11.8. The van der Waals surface area contributed by atoms with Gasteiger partial charge in [0.2, 0.25) is 10.0 Å². The molecule has 0 aliphatic carbocycles. The first-order valence-corrected chi connectivity index (χ1v) is 7.18. The Morgan fingerprint density at radius 3 is 2.28 bits per heavy atom. The van der Waals surface area contributed by atoms with Gasteiger partial charge < -0.3 is 9.47 Å². The third kappa shape index (κ3) is 4.64. The van der Waals surface area contributed by atoms with E-state index >= 15 is 0 Å². The third-order valence-corrected chi connectivity index (χ3v) is 3.76. The molecule has 0 aliphatic rings. The summed E-state index contributed by atoms with van der Waals surface area (Å²) in [5.41, 5.74) is 0. The van der Waals surface area contributed by atoms with E-state index in [1.165, 1.54) is 12.1 Å². The van der Waals surface area contributed by atoms with E-state index in [9.17, 15) is 8.42 Å². The Morgan fingerprint density at radius 1 is 1.17 bits per heavy atom. The number of benzene rings is 1. The molecule has 0 bridgehead atoms. The molecule has 1 aromatic rings. The molecule has 0 aromatic heterocycles. The van der Waals surface area contributed by atoms with Gasteiger partial charge in [0.15, 0.2) is 0 Å².